The molecule has 2 aliphatic rings. The summed E-state index contributed by atoms with van der Waals surface area (Å²) < 4.78 is 0. The van der Waals surface area contributed by atoms with Crippen molar-refractivity contribution in [1.82, 2.24) is 0 Å². The quantitative estimate of drug-likeness (QED) is 0.483. The highest BCUT2D eigenvalue weighted by atomic mass is 14.5. The van der Waals surface area contributed by atoms with Gasteiger partial charge >= 0.3 is 0 Å². The van der Waals surface area contributed by atoms with E-state index in [1.165, 1.54) is 57.8 Å². The number of hydrogen-bond acceptors (Lipinski definition) is 0. The lowest BCUT2D eigenvalue weighted by molar-refractivity contribution is 0.127. The van der Waals surface area contributed by atoms with Crippen molar-refractivity contribution >= 4 is 0 Å². The van der Waals surface area contributed by atoms with Gasteiger partial charge in [0.1, 0.15) is 0 Å². The molecule has 20 heavy (non-hydrogen) atoms. The lowest BCUT2D eigenvalue weighted by atomic mass is 9.62. The third-order valence-electron chi connectivity index (χ3n) is 6.08. The van der Waals surface area contributed by atoms with Crippen molar-refractivity contribution in [3.8, 4) is 0 Å². The van der Waals surface area contributed by atoms with Gasteiger partial charge in [0.2, 0.25) is 0 Å². The number of rotatable bonds is 6. The summed E-state index contributed by atoms with van der Waals surface area (Å²) >= 11 is 0. The van der Waals surface area contributed by atoms with Gasteiger partial charge in [0.25, 0.3) is 0 Å². The third kappa shape index (κ3) is 3.38. The molecule has 0 saturated heterocycles. The Hall–Kier alpha value is -0.520. The average molecular weight is 274 g/mol. The first-order valence-electron chi connectivity index (χ1n) is 8.89. The normalized spacial score (nSPS) is 35.5. The van der Waals surface area contributed by atoms with Gasteiger partial charge in [0, 0.05) is 0 Å². The largest absolute Gasteiger partial charge is 0.0991 e. The van der Waals surface area contributed by atoms with Crippen LogP contribution in [0.5, 0.6) is 0 Å². The van der Waals surface area contributed by atoms with E-state index in [4.69, 9.17) is 0 Å². The van der Waals surface area contributed by atoms with Gasteiger partial charge in [-0.3, -0.25) is 0 Å². The first kappa shape index (κ1) is 15.9. The first-order valence-corrected chi connectivity index (χ1v) is 8.89. The molecule has 3 atom stereocenters. The van der Waals surface area contributed by atoms with Crippen molar-refractivity contribution in [3.05, 3.63) is 24.3 Å². The van der Waals surface area contributed by atoms with Gasteiger partial charge in [-0.25, -0.2) is 0 Å². The number of unbranched alkanes of at least 4 members (excludes halogenated alkanes) is 1. The molecule has 2 rings (SSSR count). The second-order valence-corrected chi connectivity index (χ2v) is 7.84. The second-order valence-electron chi connectivity index (χ2n) is 7.84. The summed E-state index contributed by atoms with van der Waals surface area (Å²) in [5, 5.41) is 0. The molecule has 0 aromatic heterocycles. The monoisotopic (exact) mass is 274 g/mol. The highest BCUT2D eigenvalue weighted by Crippen LogP contribution is 2.58. The topological polar surface area (TPSA) is 0 Å². The van der Waals surface area contributed by atoms with Gasteiger partial charge in [-0.1, -0.05) is 64.3 Å². The fraction of sp³-hybridized carbons (Fsp3) is 0.800. The fourth-order valence-electron chi connectivity index (χ4n) is 4.92. The Labute approximate surface area is 126 Å². The fourth-order valence-corrected chi connectivity index (χ4v) is 4.92. The number of fused-ring (bicyclic) bond motifs is 1. The van der Waals surface area contributed by atoms with Crippen LogP contribution >= 0.6 is 0 Å². The van der Waals surface area contributed by atoms with Gasteiger partial charge in [0.05, 0.1) is 0 Å². The van der Waals surface area contributed by atoms with Crippen LogP contribution in [-0.2, 0) is 0 Å². The van der Waals surface area contributed by atoms with Crippen molar-refractivity contribution in [2.75, 3.05) is 0 Å². The number of allylic oxidation sites excluding steroid dienone is 3. The summed E-state index contributed by atoms with van der Waals surface area (Å²) in [7, 11) is 0. The van der Waals surface area contributed by atoms with Crippen LogP contribution in [0.25, 0.3) is 0 Å². The lowest BCUT2D eigenvalue weighted by Crippen LogP contribution is -2.33. The Morgan fingerprint density at radius 2 is 2.10 bits per heavy atom. The van der Waals surface area contributed by atoms with Gasteiger partial charge in [-0.2, -0.15) is 0 Å². The summed E-state index contributed by atoms with van der Waals surface area (Å²) in [6.07, 6.45) is 17.2. The Balaban J connectivity index is 1.93. The van der Waals surface area contributed by atoms with Crippen LogP contribution in [0, 0.1) is 23.2 Å². The molecular weight excluding hydrogens is 240 g/mol. The molecule has 2 aliphatic carbocycles. The molecule has 0 heterocycles. The van der Waals surface area contributed by atoms with E-state index in [0.29, 0.717) is 5.41 Å². The van der Waals surface area contributed by atoms with Crippen LogP contribution in [0.1, 0.15) is 78.6 Å². The summed E-state index contributed by atoms with van der Waals surface area (Å²) in [6.45, 7) is 11.2. The van der Waals surface area contributed by atoms with E-state index in [0.717, 1.165) is 17.8 Å². The molecule has 2 saturated carbocycles. The molecule has 3 unspecified atom stereocenters. The van der Waals surface area contributed by atoms with Gasteiger partial charge in [0.15, 0.2) is 0 Å². The van der Waals surface area contributed by atoms with E-state index in [1.807, 2.05) is 6.08 Å². The molecule has 0 amide bonds. The highest BCUT2D eigenvalue weighted by molar-refractivity contribution is 5.21. The molecule has 2 fully saturated rings. The van der Waals surface area contributed by atoms with E-state index < -0.39 is 0 Å². The van der Waals surface area contributed by atoms with Gasteiger partial charge in [-0.05, 0) is 61.7 Å². The van der Waals surface area contributed by atoms with Crippen LogP contribution in [0.2, 0.25) is 0 Å². The first-order chi connectivity index (χ1) is 9.58. The Bertz CT molecular complexity index is 349. The third-order valence-corrected chi connectivity index (χ3v) is 6.08. The van der Waals surface area contributed by atoms with E-state index in [9.17, 15) is 0 Å². The molecular formula is C20H34. The van der Waals surface area contributed by atoms with Crippen LogP contribution in [-0.4, -0.2) is 0 Å². The van der Waals surface area contributed by atoms with Crippen molar-refractivity contribution in [2.24, 2.45) is 23.2 Å². The second kappa shape index (κ2) is 6.96. The molecule has 0 bridgehead atoms. The van der Waals surface area contributed by atoms with Crippen LogP contribution in [0.15, 0.2) is 24.3 Å². The summed E-state index contributed by atoms with van der Waals surface area (Å²) in [5.74, 6) is 2.72. The predicted molar refractivity (Wildman–Crippen MR) is 89.8 cm³/mol. The van der Waals surface area contributed by atoms with Crippen LogP contribution < -0.4 is 0 Å². The standard InChI is InChI=1S/C20H34/c1-5-9-17-11-8-15-20(4)18(13-14-19(17)20)12-7-6-10-16(2)3/h5,9,16,18-19H,1,6-8,10-15H2,2-4H3/b17-9+. The average Bonchev–Trinajstić information content (AvgIpc) is 2.73. The molecule has 0 spiro atoms. The maximum atomic E-state index is 3.91. The Kier molecular flexibility index (Phi) is 5.52. The molecule has 0 radical (unpaired) electrons. The lowest BCUT2D eigenvalue weighted by Gasteiger charge is -2.42. The molecule has 0 aromatic carbocycles. The predicted octanol–water partition coefficient (Wildman–Crippen LogP) is 6.53. The zero-order valence-electron chi connectivity index (χ0n) is 14.0. The zero-order chi connectivity index (χ0) is 14.6. The zero-order valence-corrected chi connectivity index (χ0v) is 14.0. The molecule has 0 aromatic rings. The molecule has 0 nitrogen and oxygen atoms in total. The minimum absolute atomic E-state index is 0.602. The van der Waals surface area contributed by atoms with Gasteiger partial charge in [-0.15, -0.1) is 0 Å². The van der Waals surface area contributed by atoms with E-state index in [2.05, 4.69) is 33.4 Å². The van der Waals surface area contributed by atoms with E-state index in [-0.39, 0.29) is 0 Å². The van der Waals surface area contributed by atoms with Crippen molar-refractivity contribution in [3.63, 3.8) is 0 Å². The van der Waals surface area contributed by atoms with Crippen molar-refractivity contribution in [2.45, 2.75) is 78.6 Å². The van der Waals surface area contributed by atoms with Crippen molar-refractivity contribution in [1.29, 1.82) is 0 Å². The molecule has 114 valence electrons. The SMILES string of the molecule is C=C/C=C1\CCCC2(C)C(CCCCC(C)C)CCC12. The van der Waals surface area contributed by atoms with E-state index in [1.54, 1.807) is 5.57 Å². The Morgan fingerprint density at radius 3 is 2.80 bits per heavy atom. The van der Waals surface area contributed by atoms with Crippen LogP contribution in [0.4, 0.5) is 0 Å². The maximum Gasteiger partial charge on any atom is -0.0143 e. The minimum Gasteiger partial charge on any atom is -0.0991 e. The molecule has 0 heteroatoms. The molecule has 0 aliphatic heterocycles. The summed E-state index contributed by atoms with van der Waals surface area (Å²) in [4.78, 5) is 0. The summed E-state index contributed by atoms with van der Waals surface area (Å²) in [5.41, 5.74) is 2.31. The number of hydrogen-bond donors (Lipinski definition) is 0. The van der Waals surface area contributed by atoms with E-state index >= 15 is 0 Å². The Morgan fingerprint density at radius 1 is 1.30 bits per heavy atom. The summed E-state index contributed by atoms with van der Waals surface area (Å²) in [6, 6.07) is 0. The smallest absolute Gasteiger partial charge is 0.0143 e. The highest BCUT2D eigenvalue weighted by Gasteiger charge is 2.48. The molecule has 0 N–H and O–H groups in total. The van der Waals surface area contributed by atoms with Crippen molar-refractivity contribution < 1.29 is 0 Å². The van der Waals surface area contributed by atoms with Gasteiger partial charge < -0.3 is 0 Å². The minimum atomic E-state index is 0.602. The van der Waals surface area contributed by atoms with Crippen LogP contribution in [0.3, 0.4) is 0 Å². The maximum absolute atomic E-state index is 3.91.